The highest BCUT2D eigenvalue weighted by molar-refractivity contribution is 8.00. The van der Waals surface area contributed by atoms with Crippen LogP contribution < -0.4 is 10.1 Å². The number of carboxylic acids is 1. The predicted molar refractivity (Wildman–Crippen MR) is 103 cm³/mol. The van der Waals surface area contributed by atoms with E-state index in [0.29, 0.717) is 16.3 Å². The van der Waals surface area contributed by atoms with E-state index in [0.717, 1.165) is 4.90 Å². The monoisotopic (exact) mass is 393 g/mol. The molecule has 0 aliphatic rings. The van der Waals surface area contributed by atoms with Crippen molar-refractivity contribution in [2.24, 2.45) is 0 Å². The first kappa shape index (κ1) is 20.1. The van der Waals surface area contributed by atoms with Gasteiger partial charge in [-0.2, -0.15) is 0 Å². The topological polar surface area (TPSA) is 75.6 Å². The van der Waals surface area contributed by atoms with Crippen molar-refractivity contribution in [3.05, 3.63) is 59.1 Å². The van der Waals surface area contributed by atoms with E-state index in [1.54, 1.807) is 37.3 Å². The number of thioether (sulfide) groups is 1. The third-order valence-electron chi connectivity index (χ3n) is 3.82. The molecule has 0 spiro atoms. The Kier molecular flexibility index (Phi) is 6.94. The maximum Gasteiger partial charge on any atom is 0.306 e. The highest BCUT2D eigenvalue weighted by Gasteiger charge is 2.31. The Balaban J connectivity index is 2.14. The molecule has 1 unspecified atom stereocenters. The van der Waals surface area contributed by atoms with E-state index in [9.17, 15) is 14.7 Å². The van der Waals surface area contributed by atoms with E-state index in [4.69, 9.17) is 16.3 Å². The SMILES string of the molecule is COc1cccc(C(C)(CC(=O)O)NC(=O)CSc2ccccc2Cl)c1. The average Bonchev–Trinajstić information content (AvgIpc) is 2.60. The molecule has 7 heteroatoms. The third kappa shape index (κ3) is 5.41. The highest BCUT2D eigenvalue weighted by atomic mass is 35.5. The van der Waals surface area contributed by atoms with Crippen molar-refractivity contribution < 1.29 is 19.4 Å². The second-order valence-corrected chi connectivity index (χ2v) is 7.33. The lowest BCUT2D eigenvalue weighted by molar-refractivity contribution is -0.139. The zero-order valence-corrected chi connectivity index (χ0v) is 16.1. The molecular weight excluding hydrogens is 374 g/mol. The summed E-state index contributed by atoms with van der Waals surface area (Å²) in [4.78, 5) is 24.6. The molecular formula is C19H20ClNO4S. The van der Waals surface area contributed by atoms with Crippen LogP contribution in [-0.4, -0.2) is 29.8 Å². The van der Waals surface area contributed by atoms with E-state index in [-0.39, 0.29) is 18.1 Å². The predicted octanol–water partition coefficient (Wildman–Crippen LogP) is 3.95. The van der Waals surface area contributed by atoms with Crippen LogP contribution >= 0.6 is 23.4 Å². The van der Waals surface area contributed by atoms with E-state index >= 15 is 0 Å². The third-order valence-corrected chi connectivity index (χ3v) is 5.34. The van der Waals surface area contributed by atoms with Crippen LogP contribution in [0.15, 0.2) is 53.4 Å². The van der Waals surface area contributed by atoms with Gasteiger partial charge in [0.2, 0.25) is 5.91 Å². The molecule has 0 aromatic heterocycles. The smallest absolute Gasteiger partial charge is 0.306 e. The second kappa shape index (κ2) is 8.96. The summed E-state index contributed by atoms with van der Waals surface area (Å²) in [5, 5.41) is 12.7. The van der Waals surface area contributed by atoms with Gasteiger partial charge in [-0.15, -0.1) is 11.8 Å². The van der Waals surface area contributed by atoms with Gasteiger partial charge in [-0.25, -0.2) is 0 Å². The van der Waals surface area contributed by atoms with Crippen molar-refractivity contribution >= 4 is 35.2 Å². The van der Waals surface area contributed by atoms with Crippen LogP contribution in [0, 0.1) is 0 Å². The van der Waals surface area contributed by atoms with Gasteiger partial charge in [0.15, 0.2) is 0 Å². The van der Waals surface area contributed by atoms with Gasteiger partial charge in [-0.1, -0.05) is 35.9 Å². The molecule has 0 aliphatic carbocycles. The standard InChI is InChI=1S/C19H20ClNO4S/c1-19(11-18(23)24,13-6-5-7-14(10-13)25-2)21-17(22)12-26-16-9-4-3-8-15(16)20/h3-10H,11-12H2,1-2H3,(H,21,22)(H,23,24). The van der Waals surface area contributed by atoms with Gasteiger partial charge >= 0.3 is 5.97 Å². The summed E-state index contributed by atoms with van der Waals surface area (Å²) in [5.74, 6) is -0.558. The lowest BCUT2D eigenvalue weighted by atomic mass is 9.88. The molecule has 0 saturated heterocycles. The minimum atomic E-state index is -1.06. The summed E-state index contributed by atoms with van der Waals surface area (Å²) < 4.78 is 5.20. The summed E-state index contributed by atoms with van der Waals surface area (Å²) >= 11 is 7.40. The van der Waals surface area contributed by atoms with E-state index in [1.807, 2.05) is 18.2 Å². The number of benzene rings is 2. The van der Waals surface area contributed by atoms with Gasteiger partial charge < -0.3 is 15.2 Å². The lowest BCUT2D eigenvalue weighted by Gasteiger charge is -2.30. The van der Waals surface area contributed by atoms with Crippen LogP contribution in [0.25, 0.3) is 0 Å². The Morgan fingerprint density at radius 1 is 1.23 bits per heavy atom. The average molecular weight is 394 g/mol. The number of halogens is 1. The van der Waals surface area contributed by atoms with Crippen LogP contribution in [0.2, 0.25) is 5.02 Å². The molecule has 0 bridgehead atoms. The van der Waals surface area contributed by atoms with Gasteiger partial charge in [0.1, 0.15) is 5.75 Å². The maximum atomic E-state index is 12.5. The summed E-state index contributed by atoms with van der Waals surface area (Å²) in [6.07, 6.45) is -0.247. The number of rotatable bonds is 8. The zero-order chi connectivity index (χ0) is 19.2. The molecule has 5 nitrogen and oxygen atoms in total. The minimum Gasteiger partial charge on any atom is -0.497 e. The first-order valence-electron chi connectivity index (χ1n) is 7.89. The van der Waals surface area contributed by atoms with Crippen LogP contribution in [0.4, 0.5) is 0 Å². The van der Waals surface area contributed by atoms with Crippen molar-refractivity contribution in [3.63, 3.8) is 0 Å². The number of hydrogen-bond donors (Lipinski definition) is 2. The van der Waals surface area contributed by atoms with Gasteiger partial charge in [-0.3, -0.25) is 9.59 Å². The molecule has 138 valence electrons. The Bertz CT molecular complexity index is 799. The summed E-state index contributed by atoms with van der Waals surface area (Å²) in [6, 6.07) is 14.3. The van der Waals surface area contributed by atoms with Crippen LogP contribution in [0.5, 0.6) is 5.75 Å². The number of carboxylic acid groups (broad SMARTS) is 1. The number of ether oxygens (including phenoxy) is 1. The highest BCUT2D eigenvalue weighted by Crippen LogP contribution is 2.29. The maximum absolute atomic E-state index is 12.5. The van der Waals surface area contributed by atoms with Gasteiger partial charge in [-0.05, 0) is 36.8 Å². The number of aliphatic carboxylic acids is 1. The molecule has 0 radical (unpaired) electrons. The fourth-order valence-electron chi connectivity index (χ4n) is 2.54. The van der Waals surface area contributed by atoms with Crippen molar-refractivity contribution in [2.45, 2.75) is 23.8 Å². The Morgan fingerprint density at radius 2 is 1.96 bits per heavy atom. The second-order valence-electron chi connectivity index (χ2n) is 5.90. The van der Waals surface area contributed by atoms with Crippen molar-refractivity contribution in [1.82, 2.24) is 5.32 Å². The molecule has 26 heavy (non-hydrogen) atoms. The molecule has 0 heterocycles. The molecule has 2 aromatic carbocycles. The number of carbonyl (C=O) groups is 2. The molecule has 2 aromatic rings. The molecule has 0 aliphatic heterocycles. The van der Waals surface area contributed by atoms with E-state index < -0.39 is 11.5 Å². The fourth-order valence-corrected chi connectivity index (χ4v) is 3.57. The molecule has 1 atom stereocenters. The first-order valence-corrected chi connectivity index (χ1v) is 9.25. The van der Waals surface area contributed by atoms with Gasteiger partial charge in [0.05, 0.1) is 29.8 Å². The van der Waals surface area contributed by atoms with Gasteiger partial charge in [0.25, 0.3) is 0 Å². The Morgan fingerprint density at radius 3 is 2.62 bits per heavy atom. The zero-order valence-electron chi connectivity index (χ0n) is 14.5. The normalized spacial score (nSPS) is 12.9. The van der Waals surface area contributed by atoms with E-state index in [2.05, 4.69) is 5.32 Å². The molecule has 0 saturated carbocycles. The van der Waals surface area contributed by atoms with Crippen molar-refractivity contribution in [1.29, 1.82) is 0 Å². The van der Waals surface area contributed by atoms with Crippen LogP contribution in [0.1, 0.15) is 18.9 Å². The number of methoxy groups -OCH3 is 1. The molecule has 0 fully saturated rings. The number of amides is 1. The largest absolute Gasteiger partial charge is 0.497 e. The molecule has 2 N–H and O–H groups in total. The molecule has 2 rings (SSSR count). The quantitative estimate of drug-likeness (QED) is 0.664. The van der Waals surface area contributed by atoms with Gasteiger partial charge in [0, 0.05) is 4.90 Å². The van der Waals surface area contributed by atoms with Crippen LogP contribution in [0.3, 0.4) is 0 Å². The first-order chi connectivity index (χ1) is 12.3. The summed E-state index contributed by atoms with van der Waals surface area (Å²) in [5.41, 5.74) is -0.395. The fraction of sp³-hybridized carbons (Fsp3) is 0.263. The molecule has 1 amide bonds. The van der Waals surface area contributed by atoms with E-state index in [1.165, 1.54) is 18.9 Å². The number of hydrogen-bond acceptors (Lipinski definition) is 4. The summed E-state index contributed by atoms with van der Waals surface area (Å²) in [7, 11) is 1.53. The number of carbonyl (C=O) groups excluding carboxylic acids is 1. The lowest BCUT2D eigenvalue weighted by Crippen LogP contribution is -2.45. The van der Waals surface area contributed by atoms with Crippen molar-refractivity contribution in [2.75, 3.05) is 12.9 Å². The number of nitrogens with one attached hydrogen (secondary N) is 1. The summed E-state index contributed by atoms with van der Waals surface area (Å²) in [6.45, 7) is 1.69. The van der Waals surface area contributed by atoms with Crippen LogP contribution in [-0.2, 0) is 15.1 Å². The Labute approximate surface area is 161 Å². The Hall–Kier alpha value is -2.18. The van der Waals surface area contributed by atoms with Crippen molar-refractivity contribution in [3.8, 4) is 5.75 Å². The minimum absolute atomic E-state index is 0.128.